The Hall–Kier alpha value is -1.53. The van der Waals surface area contributed by atoms with Crippen LogP contribution in [0.4, 0.5) is 0 Å². The first kappa shape index (κ1) is 16.8. The van der Waals surface area contributed by atoms with Gasteiger partial charge < -0.3 is 14.6 Å². The maximum absolute atomic E-state index is 11.1. The minimum Gasteiger partial charge on any atom is -0.508 e. The third-order valence-corrected chi connectivity index (χ3v) is 4.56. The van der Waals surface area contributed by atoms with Gasteiger partial charge in [0.15, 0.2) is 5.75 Å². The van der Waals surface area contributed by atoms with Crippen LogP contribution in [0.2, 0.25) is 0 Å². The molecule has 116 valence electrons. The fraction of sp³-hybridized carbons (Fsp3) is 0.188. The van der Waals surface area contributed by atoms with Gasteiger partial charge in [0.05, 0.1) is 8.95 Å². The highest BCUT2D eigenvalue weighted by atomic mass is 79.9. The number of rotatable bonds is 3. The third-order valence-electron chi connectivity index (χ3n) is 3.01. The molecule has 2 aromatic carbocycles. The van der Waals surface area contributed by atoms with E-state index in [9.17, 15) is 9.90 Å². The van der Waals surface area contributed by atoms with E-state index in [4.69, 9.17) is 9.47 Å². The molecule has 0 saturated carbocycles. The van der Waals surface area contributed by atoms with Gasteiger partial charge in [-0.05, 0) is 75.5 Å². The van der Waals surface area contributed by atoms with Gasteiger partial charge in [0.25, 0.3) is 0 Å². The second kappa shape index (κ2) is 6.71. The Morgan fingerprint density at radius 2 is 1.86 bits per heavy atom. The minimum absolute atomic E-state index is 0.215. The summed E-state index contributed by atoms with van der Waals surface area (Å²) >= 11 is 6.88. The fourth-order valence-electron chi connectivity index (χ4n) is 1.84. The molecule has 2 rings (SSSR count). The van der Waals surface area contributed by atoms with Gasteiger partial charge in [-0.25, -0.2) is 0 Å². The first-order valence-electron chi connectivity index (χ1n) is 6.44. The SMILES string of the molecule is CC(=O)Oc1cc(Br)c(Oc2ccc(O)c(C)c2)c(Br)c1C. The highest BCUT2D eigenvalue weighted by molar-refractivity contribution is 9.11. The molecule has 0 fully saturated rings. The lowest BCUT2D eigenvalue weighted by atomic mass is 10.2. The van der Waals surface area contributed by atoms with Gasteiger partial charge in [-0.3, -0.25) is 4.79 Å². The van der Waals surface area contributed by atoms with Crippen molar-refractivity contribution in [2.24, 2.45) is 0 Å². The normalized spacial score (nSPS) is 10.4. The molecule has 0 unspecified atom stereocenters. The van der Waals surface area contributed by atoms with Gasteiger partial charge in [-0.2, -0.15) is 0 Å². The van der Waals surface area contributed by atoms with Crippen molar-refractivity contribution in [3.63, 3.8) is 0 Å². The Kier molecular flexibility index (Phi) is 5.13. The van der Waals surface area contributed by atoms with Crippen LogP contribution in [-0.2, 0) is 4.79 Å². The van der Waals surface area contributed by atoms with Gasteiger partial charge in [0.2, 0.25) is 0 Å². The van der Waals surface area contributed by atoms with Crippen molar-refractivity contribution < 1.29 is 19.4 Å². The van der Waals surface area contributed by atoms with E-state index in [1.165, 1.54) is 6.92 Å². The number of hydrogen-bond acceptors (Lipinski definition) is 4. The molecule has 0 heterocycles. The molecule has 0 bridgehead atoms. The van der Waals surface area contributed by atoms with Crippen LogP contribution in [0.5, 0.6) is 23.0 Å². The zero-order valence-electron chi connectivity index (χ0n) is 12.2. The topological polar surface area (TPSA) is 55.8 Å². The third kappa shape index (κ3) is 3.62. The van der Waals surface area contributed by atoms with Gasteiger partial charge in [0, 0.05) is 12.5 Å². The zero-order chi connectivity index (χ0) is 16.4. The average Bonchev–Trinajstić information content (AvgIpc) is 2.44. The minimum atomic E-state index is -0.385. The molecule has 22 heavy (non-hydrogen) atoms. The number of benzene rings is 2. The number of halogens is 2. The van der Waals surface area contributed by atoms with E-state index in [2.05, 4.69) is 31.9 Å². The Bertz CT molecular complexity index is 741. The highest BCUT2D eigenvalue weighted by Crippen LogP contribution is 2.43. The Balaban J connectivity index is 2.41. The van der Waals surface area contributed by atoms with Crippen molar-refractivity contribution in [2.75, 3.05) is 0 Å². The summed E-state index contributed by atoms with van der Waals surface area (Å²) in [5, 5.41) is 9.56. The van der Waals surface area contributed by atoms with Crippen LogP contribution in [0.15, 0.2) is 33.2 Å². The summed E-state index contributed by atoms with van der Waals surface area (Å²) in [7, 11) is 0. The summed E-state index contributed by atoms with van der Waals surface area (Å²) in [4.78, 5) is 11.1. The zero-order valence-corrected chi connectivity index (χ0v) is 15.4. The molecule has 0 radical (unpaired) electrons. The van der Waals surface area contributed by atoms with Crippen LogP contribution >= 0.6 is 31.9 Å². The number of carbonyl (C=O) groups excluding carboxylic acids is 1. The first-order valence-corrected chi connectivity index (χ1v) is 8.02. The molecule has 0 aliphatic rings. The van der Waals surface area contributed by atoms with E-state index in [-0.39, 0.29) is 11.7 Å². The van der Waals surface area contributed by atoms with E-state index < -0.39 is 0 Å². The maximum atomic E-state index is 11.1. The smallest absolute Gasteiger partial charge is 0.308 e. The fourth-order valence-corrected chi connectivity index (χ4v) is 3.08. The molecule has 0 aliphatic heterocycles. The summed E-state index contributed by atoms with van der Waals surface area (Å²) in [5.41, 5.74) is 1.47. The monoisotopic (exact) mass is 428 g/mol. The lowest BCUT2D eigenvalue weighted by molar-refractivity contribution is -0.131. The van der Waals surface area contributed by atoms with Crippen molar-refractivity contribution in [1.82, 2.24) is 0 Å². The second-order valence-corrected chi connectivity index (χ2v) is 6.42. The Morgan fingerprint density at radius 1 is 1.18 bits per heavy atom. The van der Waals surface area contributed by atoms with Crippen LogP contribution in [-0.4, -0.2) is 11.1 Å². The van der Waals surface area contributed by atoms with E-state index in [0.29, 0.717) is 26.2 Å². The van der Waals surface area contributed by atoms with Crippen LogP contribution in [0.3, 0.4) is 0 Å². The summed E-state index contributed by atoms with van der Waals surface area (Å²) < 4.78 is 12.4. The molecular weight excluding hydrogens is 416 g/mol. The molecule has 0 aromatic heterocycles. The number of phenols is 1. The molecule has 0 atom stereocenters. The van der Waals surface area contributed by atoms with E-state index in [1.54, 1.807) is 31.2 Å². The number of carbonyl (C=O) groups is 1. The van der Waals surface area contributed by atoms with Crippen LogP contribution < -0.4 is 9.47 Å². The van der Waals surface area contributed by atoms with E-state index in [1.807, 2.05) is 6.92 Å². The molecule has 0 spiro atoms. The molecular formula is C16H14Br2O4. The van der Waals surface area contributed by atoms with Gasteiger partial charge in [0.1, 0.15) is 17.2 Å². The summed E-state index contributed by atoms with van der Waals surface area (Å²) in [5.74, 6) is 1.45. The Labute approximate surface area is 145 Å². The predicted octanol–water partition coefficient (Wildman–Crippen LogP) is 5.25. The number of ether oxygens (including phenoxy) is 2. The van der Waals surface area contributed by atoms with Crippen molar-refractivity contribution in [1.29, 1.82) is 0 Å². The number of hydrogen-bond donors (Lipinski definition) is 1. The molecule has 1 N–H and O–H groups in total. The number of aromatic hydroxyl groups is 1. The maximum Gasteiger partial charge on any atom is 0.308 e. The lowest BCUT2D eigenvalue weighted by Crippen LogP contribution is -2.03. The highest BCUT2D eigenvalue weighted by Gasteiger charge is 2.17. The molecule has 2 aromatic rings. The molecule has 6 heteroatoms. The van der Waals surface area contributed by atoms with Crippen LogP contribution in [0, 0.1) is 13.8 Å². The first-order chi connectivity index (χ1) is 10.3. The summed E-state index contributed by atoms with van der Waals surface area (Å²) in [6.07, 6.45) is 0. The number of phenolic OH excluding ortho intramolecular Hbond substituents is 1. The van der Waals surface area contributed by atoms with Crippen molar-refractivity contribution in [2.45, 2.75) is 20.8 Å². The number of esters is 1. The van der Waals surface area contributed by atoms with Gasteiger partial charge >= 0.3 is 5.97 Å². The molecule has 0 saturated heterocycles. The standard InChI is InChI=1S/C16H14Br2O4/c1-8-6-11(4-5-13(8)20)22-16-12(17)7-14(21-10(3)19)9(2)15(16)18/h4-7,20H,1-3H3. The Morgan fingerprint density at radius 3 is 2.45 bits per heavy atom. The predicted molar refractivity (Wildman–Crippen MR) is 90.8 cm³/mol. The largest absolute Gasteiger partial charge is 0.508 e. The summed E-state index contributed by atoms with van der Waals surface area (Å²) in [6, 6.07) is 6.68. The van der Waals surface area contributed by atoms with Crippen molar-refractivity contribution in [3.05, 3.63) is 44.3 Å². The molecule has 0 aliphatic carbocycles. The lowest BCUT2D eigenvalue weighted by Gasteiger charge is -2.15. The average molecular weight is 430 g/mol. The molecule has 0 amide bonds. The molecule has 4 nitrogen and oxygen atoms in total. The van der Waals surface area contributed by atoms with E-state index >= 15 is 0 Å². The van der Waals surface area contributed by atoms with E-state index in [0.717, 1.165) is 11.1 Å². The number of aryl methyl sites for hydroxylation is 1. The van der Waals surface area contributed by atoms with Crippen molar-refractivity contribution >= 4 is 37.8 Å². The van der Waals surface area contributed by atoms with Gasteiger partial charge in [-0.1, -0.05) is 0 Å². The summed E-state index contributed by atoms with van der Waals surface area (Å²) in [6.45, 7) is 4.97. The van der Waals surface area contributed by atoms with Crippen LogP contribution in [0.25, 0.3) is 0 Å². The van der Waals surface area contributed by atoms with Crippen molar-refractivity contribution in [3.8, 4) is 23.0 Å². The van der Waals surface area contributed by atoms with Crippen LogP contribution in [0.1, 0.15) is 18.1 Å². The second-order valence-electron chi connectivity index (χ2n) is 4.77. The van der Waals surface area contributed by atoms with Gasteiger partial charge in [-0.15, -0.1) is 0 Å². The quantitative estimate of drug-likeness (QED) is 0.534.